The number of halogens is 2. The van der Waals surface area contributed by atoms with E-state index in [2.05, 4.69) is 9.72 Å². The molecule has 0 saturated carbocycles. The van der Waals surface area contributed by atoms with Crippen LogP contribution in [0.15, 0.2) is 12.3 Å². The highest BCUT2D eigenvalue weighted by Gasteiger charge is 2.16. The smallest absolute Gasteiger partial charge is 0.387 e. The van der Waals surface area contributed by atoms with Crippen molar-refractivity contribution < 1.29 is 28.2 Å². The number of carboxylic acids is 1. The maximum absolute atomic E-state index is 12.1. The molecule has 0 aliphatic rings. The number of unbranched alkanes of at least 4 members (excludes halogenated alkanes) is 2. The lowest BCUT2D eigenvalue weighted by atomic mass is 10.2. The standard InChI is InChI=1S/C12H15F2NO4/c1-2-3-4-5-18-9-6-8(19-12(13)14)7-15-10(9)11(16)17/h6-7,12H,2-5H2,1H3,(H,16,17). The van der Waals surface area contributed by atoms with Gasteiger partial charge in [-0.3, -0.25) is 0 Å². The molecular weight excluding hydrogens is 260 g/mol. The lowest BCUT2D eigenvalue weighted by Gasteiger charge is -2.10. The molecule has 0 bridgehead atoms. The van der Waals surface area contributed by atoms with Crippen LogP contribution in [0, 0.1) is 0 Å². The molecule has 19 heavy (non-hydrogen) atoms. The molecule has 0 saturated heterocycles. The third kappa shape index (κ3) is 5.07. The molecule has 106 valence electrons. The Hall–Kier alpha value is -1.92. The normalized spacial score (nSPS) is 10.5. The van der Waals surface area contributed by atoms with E-state index in [-0.39, 0.29) is 17.2 Å². The Bertz CT molecular complexity index is 426. The van der Waals surface area contributed by atoms with Crippen LogP contribution in [0.3, 0.4) is 0 Å². The fourth-order valence-corrected chi connectivity index (χ4v) is 1.40. The largest absolute Gasteiger partial charge is 0.491 e. The van der Waals surface area contributed by atoms with Gasteiger partial charge < -0.3 is 14.6 Å². The number of carboxylic acid groups (broad SMARTS) is 1. The zero-order valence-corrected chi connectivity index (χ0v) is 10.4. The Balaban J connectivity index is 2.79. The Kier molecular flexibility index (Phi) is 5.98. The van der Waals surface area contributed by atoms with Gasteiger partial charge in [0.1, 0.15) is 5.75 Å². The summed E-state index contributed by atoms with van der Waals surface area (Å²) in [6.07, 6.45) is 3.59. The van der Waals surface area contributed by atoms with Crippen molar-refractivity contribution in [3.63, 3.8) is 0 Å². The maximum Gasteiger partial charge on any atom is 0.387 e. The van der Waals surface area contributed by atoms with Crippen molar-refractivity contribution in [2.75, 3.05) is 6.61 Å². The summed E-state index contributed by atoms with van der Waals surface area (Å²) < 4.78 is 33.5. The number of aromatic carboxylic acids is 1. The van der Waals surface area contributed by atoms with Crippen LogP contribution in [0.2, 0.25) is 0 Å². The van der Waals surface area contributed by atoms with E-state index in [4.69, 9.17) is 9.84 Å². The first-order valence-electron chi connectivity index (χ1n) is 5.85. The first-order valence-corrected chi connectivity index (χ1v) is 5.85. The third-order valence-corrected chi connectivity index (χ3v) is 2.26. The van der Waals surface area contributed by atoms with Crippen LogP contribution in [0.1, 0.15) is 36.7 Å². The van der Waals surface area contributed by atoms with Gasteiger partial charge >= 0.3 is 12.6 Å². The van der Waals surface area contributed by atoms with E-state index in [0.29, 0.717) is 6.61 Å². The zero-order valence-electron chi connectivity index (χ0n) is 10.4. The highest BCUT2D eigenvalue weighted by atomic mass is 19.3. The number of carbonyl (C=O) groups is 1. The Morgan fingerprint density at radius 3 is 2.79 bits per heavy atom. The van der Waals surface area contributed by atoms with Gasteiger partial charge in [-0.1, -0.05) is 19.8 Å². The van der Waals surface area contributed by atoms with Crippen LogP contribution in [-0.4, -0.2) is 29.3 Å². The molecule has 0 amide bonds. The minimum absolute atomic E-state index is 0.0678. The van der Waals surface area contributed by atoms with Gasteiger partial charge in [0.2, 0.25) is 0 Å². The highest BCUT2D eigenvalue weighted by molar-refractivity contribution is 5.88. The molecular formula is C12H15F2NO4. The molecule has 1 aromatic rings. The van der Waals surface area contributed by atoms with Crippen LogP contribution in [-0.2, 0) is 0 Å². The predicted molar refractivity (Wildman–Crippen MR) is 62.8 cm³/mol. The fraction of sp³-hybridized carbons (Fsp3) is 0.500. The maximum atomic E-state index is 12.1. The number of nitrogens with zero attached hydrogens (tertiary/aromatic N) is 1. The lowest BCUT2D eigenvalue weighted by molar-refractivity contribution is -0.0501. The second kappa shape index (κ2) is 7.50. The Labute approximate surface area is 109 Å². The predicted octanol–water partition coefficient (Wildman–Crippen LogP) is 2.95. The molecule has 1 N–H and O–H groups in total. The molecule has 0 aliphatic carbocycles. The highest BCUT2D eigenvalue weighted by Crippen LogP contribution is 2.24. The molecule has 0 radical (unpaired) electrons. The number of ether oxygens (including phenoxy) is 2. The van der Waals surface area contributed by atoms with Crippen molar-refractivity contribution in [3.05, 3.63) is 18.0 Å². The summed E-state index contributed by atoms with van der Waals surface area (Å²) in [4.78, 5) is 14.5. The van der Waals surface area contributed by atoms with Gasteiger partial charge in [0, 0.05) is 6.07 Å². The van der Waals surface area contributed by atoms with Crippen molar-refractivity contribution in [1.82, 2.24) is 4.98 Å². The number of aromatic nitrogens is 1. The molecule has 1 rings (SSSR count). The number of alkyl halides is 2. The average Bonchev–Trinajstić information content (AvgIpc) is 2.34. The van der Waals surface area contributed by atoms with E-state index >= 15 is 0 Å². The topological polar surface area (TPSA) is 68.7 Å². The molecule has 0 atom stereocenters. The van der Waals surface area contributed by atoms with Crippen LogP contribution in [0.5, 0.6) is 11.5 Å². The van der Waals surface area contributed by atoms with Crippen molar-refractivity contribution in [2.45, 2.75) is 32.8 Å². The van der Waals surface area contributed by atoms with E-state index < -0.39 is 12.6 Å². The molecule has 1 heterocycles. The van der Waals surface area contributed by atoms with Crippen LogP contribution in [0.4, 0.5) is 8.78 Å². The van der Waals surface area contributed by atoms with E-state index in [1.807, 2.05) is 6.92 Å². The molecule has 1 aromatic heterocycles. The van der Waals surface area contributed by atoms with E-state index in [0.717, 1.165) is 31.5 Å². The van der Waals surface area contributed by atoms with Gasteiger partial charge in [-0.05, 0) is 6.42 Å². The summed E-state index contributed by atoms with van der Waals surface area (Å²) >= 11 is 0. The number of hydrogen-bond acceptors (Lipinski definition) is 4. The summed E-state index contributed by atoms with van der Waals surface area (Å²) in [5, 5.41) is 8.91. The van der Waals surface area contributed by atoms with Crippen LogP contribution in [0.25, 0.3) is 0 Å². The summed E-state index contributed by atoms with van der Waals surface area (Å²) in [5.41, 5.74) is -0.321. The molecule has 0 spiro atoms. The van der Waals surface area contributed by atoms with Crippen molar-refractivity contribution in [1.29, 1.82) is 0 Å². The Morgan fingerprint density at radius 1 is 1.47 bits per heavy atom. The first-order chi connectivity index (χ1) is 9.04. The van der Waals surface area contributed by atoms with E-state index in [9.17, 15) is 13.6 Å². The number of rotatable bonds is 8. The molecule has 0 unspecified atom stereocenters. The van der Waals surface area contributed by atoms with Gasteiger partial charge in [-0.15, -0.1) is 0 Å². The van der Waals surface area contributed by atoms with Crippen molar-refractivity contribution in [2.24, 2.45) is 0 Å². The van der Waals surface area contributed by atoms with Gasteiger partial charge in [-0.2, -0.15) is 8.78 Å². The molecule has 0 fully saturated rings. The second-order valence-electron chi connectivity index (χ2n) is 3.76. The van der Waals surface area contributed by atoms with Crippen LogP contribution >= 0.6 is 0 Å². The SMILES string of the molecule is CCCCCOc1cc(OC(F)F)cnc1C(=O)O. The molecule has 0 aliphatic heterocycles. The number of pyridine rings is 1. The van der Waals surface area contributed by atoms with E-state index in [1.54, 1.807) is 0 Å². The van der Waals surface area contributed by atoms with E-state index in [1.165, 1.54) is 0 Å². The lowest BCUT2D eigenvalue weighted by Crippen LogP contribution is -2.09. The van der Waals surface area contributed by atoms with Gasteiger partial charge in [0.25, 0.3) is 0 Å². The summed E-state index contributed by atoms with van der Waals surface area (Å²) in [6, 6.07) is 1.11. The Morgan fingerprint density at radius 2 is 2.21 bits per heavy atom. The zero-order chi connectivity index (χ0) is 14.3. The number of hydrogen-bond donors (Lipinski definition) is 1. The molecule has 5 nitrogen and oxygen atoms in total. The summed E-state index contributed by atoms with van der Waals surface area (Å²) in [5.74, 6) is -1.58. The van der Waals surface area contributed by atoms with Crippen molar-refractivity contribution >= 4 is 5.97 Å². The molecule has 7 heteroatoms. The van der Waals surface area contributed by atoms with Gasteiger partial charge in [0.05, 0.1) is 12.8 Å². The first kappa shape index (κ1) is 15.1. The molecule has 0 aromatic carbocycles. The minimum atomic E-state index is -2.99. The average molecular weight is 275 g/mol. The quantitative estimate of drug-likeness (QED) is 0.739. The minimum Gasteiger partial charge on any atom is -0.491 e. The summed E-state index contributed by atoms with van der Waals surface area (Å²) in [6.45, 7) is -0.680. The summed E-state index contributed by atoms with van der Waals surface area (Å²) in [7, 11) is 0. The van der Waals surface area contributed by atoms with Gasteiger partial charge in [0.15, 0.2) is 11.4 Å². The van der Waals surface area contributed by atoms with Crippen LogP contribution < -0.4 is 9.47 Å². The second-order valence-corrected chi connectivity index (χ2v) is 3.76. The fourth-order valence-electron chi connectivity index (χ4n) is 1.40. The van der Waals surface area contributed by atoms with Gasteiger partial charge in [-0.25, -0.2) is 9.78 Å². The monoisotopic (exact) mass is 275 g/mol. The van der Waals surface area contributed by atoms with Crippen molar-refractivity contribution in [3.8, 4) is 11.5 Å². The third-order valence-electron chi connectivity index (χ3n) is 2.26.